The van der Waals surface area contributed by atoms with E-state index in [1.807, 2.05) is 0 Å². The molecule has 1 unspecified atom stereocenters. The highest BCUT2D eigenvalue weighted by Crippen LogP contribution is 2.25. The maximum Gasteiger partial charge on any atom is 0.122 e. The van der Waals surface area contributed by atoms with Crippen LogP contribution in [0.25, 0.3) is 0 Å². The largest absolute Gasteiger partial charge is 0.496 e. The summed E-state index contributed by atoms with van der Waals surface area (Å²) in [7, 11) is 3.95. The molecule has 1 fully saturated rings. The van der Waals surface area contributed by atoms with Crippen LogP contribution in [0.4, 0.5) is 0 Å². The van der Waals surface area contributed by atoms with Gasteiger partial charge in [-0.15, -0.1) is 0 Å². The number of likely N-dealkylation sites (N-methyl/N-ethyl adjacent to an activating group) is 1. The van der Waals surface area contributed by atoms with Gasteiger partial charge in [0.25, 0.3) is 0 Å². The zero-order valence-electron chi connectivity index (χ0n) is 11.9. The first-order valence-electron chi connectivity index (χ1n) is 6.67. The average Bonchev–Trinajstić information content (AvgIpc) is 2.89. The second-order valence-corrected chi connectivity index (χ2v) is 5.24. The number of nitrogens with one attached hydrogen (secondary N) is 1. The van der Waals surface area contributed by atoms with Gasteiger partial charge in [0.2, 0.25) is 0 Å². The van der Waals surface area contributed by atoms with Crippen molar-refractivity contribution in [1.82, 2.24) is 10.2 Å². The van der Waals surface area contributed by atoms with Gasteiger partial charge in [-0.2, -0.15) is 0 Å². The number of rotatable bonds is 4. The molecule has 1 aliphatic heterocycles. The molecule has 1 heterocycles. The van der Waals surface area contributed by atoms with Crippen molar-refractivity contribution < 1.29 is 4.74 Å². The first-order chi connectivity index (χ1) is 8.63. The number of hydrogen-bond donors (Lipinski definition) is 1. The second kappa shape index (κ2) is 5.72. The van der Waals surface area contributed by atoms with Crippen molar-refractivity contribution in [2.75, 3.05) is 27.2 Å². The third-order valence-corrected chi connectivity index (χ3v) is 4.15. The zero-order chi connectivity index (χ0) is 13.1. The van der Waals surface area contributed by atoms with Gasteiger partial charge in [0.1, 0.15) is 5.75 Å². The SMILES string of the molecule is COc1ccc(CN(C)C2CCNC2)c(C)c1C. The predicted octanol–water partition coefficient (Wildman–Crippen LogP) is 2.11. The molecule has 0 amide bonds. The lowest BCUT2D eigenvalue weighted by molar-refractivity contribution is 0.248. The van der Waals surface area contributed by atoms with E-state index in [2.05, 4.69) is 43.2 Å². The van der Waals surface area contributed by atoms with Crippen LogP contribution in [0, 0.1) is 13.8 Å². The summed E-state index contributed by atoms with van der Waals surface area (Å²) in [6.45, 7) is 7.60. The molecular weight excluding hydrogens is 224 g/mol. The Morgan fingerprint density at radius 1 is 1.33 bits per heavy atom. The molecule has 3 nitrogen and oxygen atoms in total. The Kier molecular flexibility index (Phi) is 4.25. The van der Waals surface area contributed by atoms with E-state index in [1.54, 1.807) is 7.11 Å². The Morgan fingerprint density at radius 3 is 2.72 bits per heavy atom. The van der Waals surface area contributed by atoms with Gasteiger partial charge in [0, 0.05) is 19.1 Å². The maximum atomic E-state index is 5.36. The van der Waals surface area contributed by atoms with Crippen molar-refractivity contribution in [3.05, 3.63) is 28.8 Å². The molecule has 0 aliphatic carbocycles. The standard InChI is InChI=1S/C15H24N2O/c1-11-12(2)15(18-4)6-5-13(11)10-17(3)14-7-8-16-9-14/h5-6,14,16H,7-10H2,1-4H3. The van der Waals surface area contributed by atoms with Crippen molar-refractivity contribution in [2.45, 2.75) is 32.9 Å². The lowest BCUT2D eigenvalue weighted by atomic mass is 10.0. The van der Waals surface area contributed by atoms with Crippen molar-refractivity contribution in [3.8, 4) is 5.75 Å². The van der Waals surface area contributed by atoms with Crippen molar-refractivity contribution in [3.63, 3.8) is 0 Å². The Labute approximate surface area is 110 Å². The van der Waals surface area contributed by atoms with E-state index in [-0.39, 0.29) is 0 Å². The number of methoxy groups -OCH3 is 1. The molecule has 0 radical (unpaired) electrons. The summed E-state index contributed by atoms with van der Waals surface area (Å²) in [5, 5.41) is 3.42. The Hall–Kier alpha value is -1.06. The fraction of sp³-hybridized carbons (Fsp3) is 0.600. The fourth-order valence-corrected chi connectivity index (χ4v) is 2.66. The van der Waals surface area contributed by atoms with Crippen molar-refractivity contribution >= 4 is 0 Å². The monoisotopic (exact) mass is 248 g/mol. The van der Waals surface area contributed by atoms with Gasteiger partial charge >= 0.3 is 0 Å². The number of hydrogen-bond acceptors (Lipinski definition) is 3. The second-order valence-electron chi connectivity index (χ2n) is 5.24. The van der Waals surface area contributed by atoms with Crippen LogP contribution in [0.2, 0.25) is 0 Å². The third kappa shape index (κ3) is 2.68. The highest BCUT2D eigenvalue weighted by molar-refractivity contribution is 5.43. The van der Waals surface area contributed by atoms with Crippen molar-refractivity contribution in [2.24, 2.45) is 0 Å². The molecule has 0 saturated carbocycles. The fourth-order valence-electron chi connectivity index (χ4n) is 2.66. The van der Waals surface area contributed by atoms with Crippen LogP contribution in [0.5, 0.6) is 5.75 Å². The van der Waals surface area contributed by atoms with E-state index in [4.69, 9.17) is 4.74 Å². The first kappa shape index (κ1) is 13.4. The van der Waals surface area contributed by atoms with E-state index in [1.165, 1.54) is 23.1 Å². The zero-order valence-corrected chi connectivity index (χ0v) is 11.9. The lowest BCUT2D eigenvalue weighted by Crippen LogP contribution is -2.33. The summed E-state index contributed by atoms with van der Waals surface area (Å²) in [5.74, 6) is 0.987. The van der Waals surface area contributed by atoms with Crippen LogP contribution >= 0.6 is 0 Å². The predicted molar refractivity (Wildman–Crippen MR) is 75.2 cm³/mol. The molecule has 1 aliphatic rings. The van der Waals surface area contributed by atoms with E-state index < -0.39 is 0 Å². The van der Waals surface area contributed by atoms with Gasteiger partial charge in [-0.1, -0.05) is 6.07 Å². The van der Waals surface area contributed by atoms with Crippen LogP contribution in [0.1, 0.15) is 23.1 Å². The minimum Gasteiger partial charge on any atom is -0.496 e. The Morgan fingerprint density at radius 2 is 2.11 bits per heavy atom. The Balaban J connectivity index is 2.11. The molecule has 1 N–H and O–H groups in total. The summed E-state index contributed by atoms with van der Waals surface area (Å²) in [4.78, 5) is 2.45. The first-order valence-corrected chi connectivity index (χ1v) is 6.67. The minimum absolute atomic E-state index is 0.673. The van der Waals surface area contributed by atoms with Crippen LogP contribution in [-0.4, -0.2) is 38.2 Å². The highest BCUT2D eigenvalue weighted by atomic mass is 16.5. The smallest absolute Gasteiger partial charge is 0.122 e. The number of nitrogens with zero attached hydrogens (tertiary/aromatic N) is 1. The van der Waals surface area contributed by atoms with Gasteiger partial charge in [0.15, 0.2) is 0 Å². The summed E-state index contributed by atoms with van der Waals surface area (Å²) in [6, 6.07) is 4.95. The maximum absolute atomic E-state index is 5.36. The molecule has 1 aromatic carbocycles. The van der Waals surface area contributed by atoms with Crippen molar-refractivity contribution in [1.29, 1.82) is 0 Å². The van der Waals surface area contributed by atoms with Crippen LogP contribution in [-0.2, 0) is 6.54 Å². The molecule has 0 spiro atoms. The van der Waals surface area contributed by atoms with Gasteiger partial charge < -0.3 is 10.1 Å². The van der Waals surface area contributed by atoms with Gasteiger partial charge in [-0.3, -0.25) is 4.90 Å². The summed E-state index contributed by atoms with van der Waals surface area (Å²) in [5.41, 5.74) is 4.02. The van der Waals surface area contributed by atoms with Crippen LogP contribution in [0.15, 0.2) is 12.1 Å². The average molecular weight is 248 g/mol. The van der Waals surface area contributed by atoms with Gasteiger partial charge in [-0.25, -0.2) is 0 Å². The third-order valence-electron chi connectivity index (χ3n) is 4.15. The summed E-state index contributed by atoms with van der Waals surface area (Å²) >= 11 is 0. The highest BCUT2D eigenvalue weighted by Gasteiger charge is 2.19. The lowest BCUT2D eigenvalue weighted by Gasteiger charge is -2.25. The number of benzene rings is 1. The quantitative estimate of drug-likeness (QED) is 0.883. The summed E-state index contributed by atoms with van der Waals surface area (Å²) < 4.78 is 5.36. The van der Waals surface area contributed by atoms with Gasteiger partial charge in [-0.05, 0) is 56.6 Å². The van der Waals surface area contributed by atoms with Crippen LogP contribution in [0.3, 0.4) is 0 Å². The molecule has 100 valence electrons. The van der Waals surface area contributed by atoms with Gasteiger partial charge in [0.05, 0.1) is 7.11 Å². The molecule has 1 saturated heterocycles. The van der Waals surface area contributed by atoms with E-state index in [0.29, 0.717) is 6.04 Å². The van der Waals surface area contributed by atoms with E-state index in [9.17, 15) is 0 Å². The Bertz CT molecular complexity index is 411. The minimum atomic E-state index is 0.673. The molecular formula is C15H24N2O. The van der Waals surface area contributed by atoms with E-state index in [0.717, 1.165) is 25.4 Å². The topological polar surface area (TPSA) is 24.5 Å². The molecule has 1 aromatic rings. The molecule has 0 bridgehead atoms. The molecule has 0 aromatic heterocycles. The molecule has 1 atom stereocenters. The normalized spacial score (nSPS) is 19.5. The number of ether oxygens (including phenoxy) is 1. The van der Waals surface area contributed by atoms with E-state index >= 15 is 0 Å². The molecule has 2 rings (SSSR count). The molecule has 3 heteroatoms. The summed E-state index contributed by atoms with van der Waals surface area (Å²) in [6.07, 6.45) is 1.25. The molecule has 18 heavy (non-hydrogen) atoms. The van der Waals surface area contributed by atoms with Crippen LogP contribution < -0.4 is 10.1 Å².